The maximum absolute atomic E-state index is 12.2. The predicted octanol–water partition coefficient (Wildman–Crippen LogP) is 0.144. The molecule has 0 unspecified atom stereocenters. The van der Waals surface area contributed by atoms with Gasteiger partial charge in [0, 0.05) is 6.54 Å². The van der Waals surface area contributed by atoms with Gasteiger partial charge in [-0.3, -0.25) is 29.4 Å². The number of imide groups is 2. The smallest absolute Gasteiger partial charge is 0.413 e. The number of carbonyl (C=O) groups excluding carboxylic acids is 5. The van der Waals surface area contributed by atoms with Crippen LogP contribution in [0.3, 0.4) is 0 Å². The maximum atomic E-state index is 12.2. The lowest BCUT2D eigenvalue weighted by Crippen LogP contribution is -2.36. The summed E-state index contributed by atoms with van der Waals surface area (Å²) in [7, 11) is 0. The van der Waals surface area contributed by atoms with Crippen LogP contribution in [0.4, 0.5) is 4.79 Å². The Hall–Kier alpha value is -2.71. The minimum atomic E-state index is -0.923. The first-order valence-corrected chi connectivity index (χ1v) is 8.06. The Labute approximate surface area is 144 Å². The van der Waals surface area contributed by atoms with Gasteiger partial charge in [-0.15, -0.1) is 0 Å². The number of amides is 4. The lowest BCUT2D eigenvalue weighted by Gasteiger charge is -2.14. The number of allylic oxidation sites excluding steroid dienone is 2. The topological polar surface area (TPSA) is 119 Å². The molecule has 1 N–H and O–H groups in total. The number of alkyl carbamates (subject to hydrolysis) is 1. The first kappa shape index (κ1) is 18.6. The van der Waals surface area contributed by atoms with Gasteiger partial charge in [0.2, 0.25) is 11.8 Å². The van der Waals surface area contributed by atoms with Gasteiger partial charge in [-0.05, 0) is 19.8 Å². The fourth-order valence-electron chi connectivity index (χ4n) is 2.83. The second-order valence-corrected chi connectivity index (χ2v) is 5.66. The number of esters is 1. The Balaban J connectivity index is 1.73. The van der Waals surface area contributed by atoms with Gasteiger partial charge in [-0.2, -0.15) is 0 Å². The van der Waals surface area contributed by atoms with Crippen molar-refractivity contribution in [2.75, 3.05) is 19.8 Å². The van der Waals surface area contributed by atoms with Gasteiger partial charge in [0.05, 0.1) is 24.9 Å². The van der Waals surface area contributed by atoms with E-state index in [1.165, 1.54) is 0 Å². The molecule has 2 rings (SSSR count). The molecule has 0 aromatic heterocycles. The van der Waals surface area contributed by atoms with Crippen molar-refractivity contribution in [3.8, 4) is 0 Å². The fraction of sp³-hybridized carbons (Fsp3) is 0.562. The highest BCUT2D eigenvalue weighted by molar-refractivity contribution is 6.05. The number of likely N-dealkylation sites (tertiary alicyclic amines) is 1. The van der Waals surface area contributed by atoms with Crippen molar-refractivity contribution >= 4 is 29.8 Å². The van der Waals surface area contributed by atoms with Gasteiger partial charge in [-0.25, -0.2) is 4.79 Å². The molecule has 4 amide bonds. The van der Waals surface area contributed by atoms with Crippen molar-refractivity contribution in [3.63, 3.8) is 0 Å². The van der Waals surface area contributed by atoms with Crippen molar-refractivity contribution in [1.29, 1.82) is 0 Å². The van der Waals surface area contributed by atoms with E-state index < -0.39 is 24.6 Å². The van der Waals surface area contributed by atoms with E-state index in [2.05, 4.69) is 4.74 Å². The molecule has 1 fully saturated rings. The molecule has 2 atom stereocenters. The highest BCUT2D eigenvalue weighted by Gasteiger charge is 2.46. The molecule has 0 saturated carbocycles. The SMILES string of the molecule is CCOC(=O)NC(=O)COC(=O)CCN1C(=O)[C@@H]2CC=CC[C@H]2C1=O. The van der Waals surface area contributed by atoms with Crippen LogP contribution in [-0.4, -0.2) is 54.4 Å². The Bertz CT molecular complexity index is 588. The number of nitrogens with one attached hydrogen (secondary N) is 1. The van der Waals surface area contributed by atoms with E-state index >= 15 is 0 Å². The standard InChI is InChI=1S/C16H20N2O7/c1-2-24-16(23)17-12(19)9-25-13(20)7-8-18-14(21)10-5-3-4-6-11(10)15(18)22/h3-4,10-11H,2,5-9H2,1H3,(H,17,19,23)/t10-,11-/m1/s1. The van der Waals surface area contributed by atoms with Gasteiger partial charge in [-0.1, -0.05) is 12.2 Å². The van der Waals surface area contributed by atoms with Gasteiger partial charge >= 0.3 is 12.1 Å². The second-order valence-electron chi connectivity index (χ2n) is 5.66. The summed E-state index contributed by atoms with van der Waals surface area (Å²) in [4.78, 5) is 59.5. The summed E-state index contributed by atoms with van der Waals surface area (Å²) in [5, 5.41) is 1.88. The van der Waals surface area contributed by atoms with E-state index in [0.29, 0.717) is 12.8 Å². The summed E-state index contributed by atoms with van der Waals surface area (Å²) >= 11 is 0. The molecule has 0 aromatic rings. The summed E-state index contributed by atoms with van der Waals surface area (Å²) in [5.74, 6) is -2.79. The van der Waals surface area contributed by atoms with Crippen molar-refractivity contribution in [3.05, 3.63) is 12.2 Å². The summed E-state index contributed by atoms with van der Waals surface area (Å²) in [6, 6.07) is 0. The van der Waals surface area contributed by atoms with E-state index in [-0.39, 0.29) is 43.2 Å². The van der Waals surface area contributed by atoms with Gasteiger partial charge in [0.25, 0.3) is 5.91 Å². The van der Waals surface area contributed by atoms with Crippen molar-refractivity contribution < 1.29 is 33.4 Å². The molecule has 2 aliphatic rings. The van der Waals surface area contributed by atoms with E-state index in [1.54, 1.807) is 6.92 Å². The highest BCUT2D eigenvalue weighted by atomic mass is 16.6. The fourth-order valence-corrected chi connectivity index (χ4v) is 2.83. The largest absolute Gasteiger partial charge is 0.456 e. The lowest BCUT2D eigenvalue weighted by atomic mass is 9.85. The Morgan fingerprint density at radius 1 is 1.12 bits per heavy atom. The van der Waals surface area contributed by atoms with Crippen LogP contribution in [0.15, 0.2) is 12.2 Å². The van der Waals surface area contributed by atoms with Crippen LogP contribution < -0.4 is 5.32 Å². The molecule has 1 heterocycles. The number of fused-ring (bicyclic) bond motifs is 1. The summed E-state index contributed by atoms with van der Waals surface area (Å²) in [6.07, 6.45) is 3.69. The zero-order chi connectivity index (χ0) is 18.4. The average Bonchev–Trinajstić information content (AvgIpc) is 2.83. The average molecular weight is 352 g/mol. The second kappa shape index (κ2) is 8.41. The van der Waals surface area contributed by atoms with Crippen LogP contribution >= 0.6 is 0 Å². The van der Waals surface area contributed by atoms with Crippen molar-refractivity contribution in [1.82, 2.24) is 10.2 Å². The lowest BCUT2D eigenvalue weighted by molar-refractivity contribution is -0.149. The Morgan fingerprint density at radius 3 is 2.28 bits per heavy atom. The summed E-state index contributed by atoms with van der Waals surface area (Å²) in [6.45, 7) is 0.962. The monoisotopic (exact) mass is 352 g/mol. The molecule has 1 saturated heterocycles. The van der Waals surface area contributed by atoms with Crippen LogP contribution in [0.2, 0.25) is 0 Å². The molecular weight excluding hydrogens is 332 g/mol. The van der Waals surface area contributed by atoms with Crippen molar-refractivity contribution in [2.45, 2.75) is 26.2 Å². The highest BCUT2D eigenvalue weighted by Crippen LogP contribution is 2.34. The van der Waals surface area contributed by atoms with Crippen LogP contribution in [-0.2, 0) is 28.7 Å². The molecule has 0 radical (unpaired) electrons. The normalized spacial score (nSPS) is 21.7. The molecule has 136 valence electrons. The Kier molecular flexibility index (Phi) is 6.26. The zero-order valence-electron chi connectivity index (χ0n) is 13.9. The molecule has 0 bridgehead atoms. The third kappa shape index (κ3) is 4.65. The first-order chi connectivity index (χ1) is 11.9. The minimum Gasteiger partial charge on any atom is -0.456 e. The van der Waals surface area contributed by atoms with Crippen LogP contribution in [0.1, 0.15) is 26.2 Å². The van der Waals surface area contributed by atoms with Crippen LogP contribution in [0.25, 0.3) is 0 Å². The number of ether oxygens (including phenoxy) is 2. The van der Waals surface area contributed by atoms with Crippen molar-refractivity contribution in [2.24, 2.45) is 11.8 Å². The van der Waals surface area contributed by atoms with E-state index in [1.807, 2.05) is 17.5 Å². The number of nitrogens with zero attached hydrogens (tertiary/aromatic N) is 1. The Morgan fingerprint density at radius 2 is 1.72 bits per heavy atom. The number of carbonyl (C=O) groups is 5. The van der Waals surface area contributed by atoms with Gasteiger partial charge in [0.15, 0.2) is 6.61 Å². The number of hydrogen-bond donors (Lipinski definition) is 1. The molecule has 0 spiro atoms. The first-order valence-electron chi connectivity index (χ1n) is 8.06. The molecule has 9 nitrogen and oxygen atoms in total. The molecule has 9 heteroatoms. The summed E-state index contributed by atoms with van der Waals surface area (Å²) in [5.41, 5.74) is 0. The van der Waals surface area contributed by atoms with E-state index in [0.717, 1.165) is 4.90 Å². The third-order valence-electron chi connectivity index (χ3n) is 4.02. The molecule has 0 aromatic carbocycles. The quantitative estimate of drug-likeness (QED) is 0.410. The molecule has 25 heavy (non-hydrogen) atoms. The van der Waals surface area contributed by atoms with Gasteiger partial charge in [0.1, 0.15) is 0 Å². The van der Waals surface area contributed by atoms with Crippen LogP contribution in [0.5, 0.6) is 0 Å². The molecule has 1 aliphatic heterocycles. The molecular formula is C16H20N2O7. The minimum absolute atomic E-state index is 0.0804. The number of hydrogen-bond acceptors (Lipinski definition) is 7. The van der Waals surface area contributed by atoms with Gasteiger partial charge < -0.3 is 9.47 Å². The number of rotatable bonds is 6. The van der Waals surface area contributed by atoms with Crippen LogP contribution in [0, 0.1) is 11.8 Å². The third-order valence-corrected chi connectivity index (χ3v) is 4.02. The maximum Gasteiger partial charge on any atom is 0.413 e. The summed E-state index contributed by atoms with van der Waals surface area (Å²) < 4.78 is 9.22. The van der Waals surface area contributed by atoms with E-state index in [9.17, 15) is 24.0 Å². The van der Waals surface area contributed by atoms with E-state index in [4.69, 9.17) is 4.74 Å². The molecule has 1 aliphatic carbocycles. The predicted molar refractivity (Wildman–Crippen MR) is 82.8 cm³/mol. The zero-order valence-corrected chi connectivity index (χ0v) is 13.9.